The third-order valence-electron chi connectivity index (χ3n) is 5.69. The summed E-state index contributed by atoms with van der Waals surface area (Å²) in [6.07, 6.45) is 4.21. The molecule has 150 valence electrons. The largest absolute Gasteiger partial charge is 0.395 e. The van der Waals surface area contributed by atoms with Gasteiger partial charge in [-0.2, -0.15) is 0 Å². The van der Waals surface area contributed by atoms with E-state index in [2.05, 4.69) is 20.1 Å². The molecule has 4 rings (SSSR count). The topological polar surface area (TPSA) is 90.7 Å². The second-order valence-corrected chi connectivity index (χ2v) is 7.61. The van der Waals surface area contributed by atoms with E-state index in [0.717, 1.165) is 51.3 Å². The lowest BCUT2D eigenvalue weighted by Gasteiger charge is -2.38. The molecule has 1 unspecified atom stereocenters. The van der Waals surface area contributed by atoms with Gasteiger partial charge in [-0.15, -0.1) is 0 Å². The first kappa shape index (κ1) is 18.9. The molecular formula is C20H27N5O3. The lowest BCUT2D eigenvalue weighted by Crippen LogP contribution is -2.52. The van der Waals surface area contributed by atoms with Gasteiger partial charge in [-0.05, 0) is 31.0 Å². The highest BCUT2D eigenvalue weighted by Gasteiger charge is 2.23. The third kappa shape index (κ3) is 4.02. The van der Waals surface area contributed by atoms with E-state index in [0.29, 0.717) is 17.3 Å². The first-order chi connectivity index (χ1) is 13.6. The van der Waals surface area contributed by atoms with Crippen LogP contribution in [0.5, 0.6) is 0 Å². The summed E-state index contributed by atoms with van der Waals surface area (Å²) in [4.78, 5) is 33.1. The van der Waals surface area contributed by atoms with E-state index in [9.17, 15) is 9.59 Å². The van der Waals surface area contributed by atoms with Crippen LogP contribution in [0.1, 0.15) is 19.3 Å². The Morgan fingerprint density at radius 2 is 2.00 bits per heavy atom. The number of aromatic nitrogens is 2. The molecule has 0 radical (unpaired) electrons. The number of rotatable bonds is 5. The molecule has 28 heavy (non-hydrogen) atoms. The van der Waals surface area contributed by atoms with E-state index >= 15 is 0 Å². The van der Waals surface area contributed by atoms with Crippen LogP contribution in [0, 0.1) is 0 Å². The predicted molar refractivity (Wildman–Crippen MR) is 108 cm³/mol. The number of aliphatic hydroxyl groups is 1. The number of hydrogen-bond donors (Lipinski definition) is 2. The fourth-order valence-electron chi connectivity index (χ4n) is 4.13. The van der Waals surface area contributed by atoms with Gasteiger partial charge in [0.15, 0.2) is 0 Å². The maximum atomic E-state index is 12.4. The Hall–Kier alpha value is -2.45. The lowest BCUT2D eigenvalue weighted by molar-refractivity contribution is -0.123. The van der Waals surface area contributed by atoms with Gasteiger partial charge in [-0.1, -0.05) is 0 Å². The molecule has 2 N–H and O–H groups in total. The number of benzene rings is 1. The summed E-state index contributed by atoms with van der Waals surface area (Å²) in [6.45, 7) is 4.82. The lowest BCUT2D eigenvalue weighted by atomic mass is 10.0. The number of carbonyl (C=O) groups is 1. The number of hydrogen-bond acceptors (Lipinski definition) is 6. The van der Waals surface area contributed by atoms with Gasteiger partial charge in [-0.3, -0.25) is 19.1 Å². The summed E-state index contributed by atoms with van der Waals surface area (Å²) in [5, 5.41) is 12.7. The normalized spacial score (nSPS) is 21.1. The van der Waals surface area contributed by atoms with Crippen molar-refractivity contribution in [1.29, 1.82) is 0 Å². The Morgan fingerprint density at radius 1 is 1.18 bits per heavy atom. The van der Waals surface area contributed by atoms with Crippen LogP contribution >= 0.6 is 0 Å². The molecule has 0 saturated carbocycles. The first-order valence-electron chi connectivity index (χ1n) is 10.0. The molecule has 8 nitrogen and oxygen atoms in total. The van der Waals surface area contributed by atoms with Crippen LogP contribution in [0.15, 0.2) is 29.3 Å². The smallest absolute Gasteiger partial charge is 0.261 e. The molecule has 1 atom stereocenters. The molecule has 3 heterocycles. The maximum Gasteiger partial charge on any atom is 0.261 e. The summed E-state index contributed by atoms with van der Waals surface area (Å²) in [6, 6.07) is 6.05. The van der Waals surface area contributed by atoms with Gasteiger partial charge in [0.05, 0.1) is 30.4 Å². The van der Waals surface area contributed by atoms with Crippen molar-refractivity contribution >= 4 is 22.5 Å². The van der Waals surface area contributed by atoms with Gasteiger partial charge in [0.25, 0.3) is 5.56 Å². The van der Waals surface area contributed by atoms with Crippen LogP contribution in [0.4, 0.5) is 5.69 Å². The molecule has 0 aliphatic carbocycles. The van der Waals surface area contributed by atoms with Crippen molar-refractivity contribution < 1.29 is 9.90 Å². The average Bonchev–Trinajstić information content (AvgIpc) is 2.71. The maximum absolute atomic E-state index is 12.4. The predicted octanol–water partition coefficient (Wildman–Crippen LogP) is 0.180. The summed E-state index contributed by atoms with van der Waals surface area (Å²) in [5.74, 6) is 0.177. The fraction of sp³-hybridized carbons (Fsp3) is 0.550. The number of piperidine rings is 1. The van der Waals surface area contributed by atoms with Gasteiger partial charge in [0.1, 0.15) is 0 Å². The number of carbonyl (C=O) groups excluding carboxylic acids is 1. The molecular weight excluding hydrogens is 358 g/mol. The minimum Gasteiger partial charge on any atom is -0.395 e. The molecule has 2 saturated heterocycles. The van der Waals surface area contributed by atoms with Crippen LogP contribution in [0.25, 0.3) is 10.9 Å². The molecule has 1 aromatic carbocycles. The SMILES string of the molecule is O=C1CCCC(CN2CCN(c3ccc4c(=O)n(CCO)cnc4c3)CC2)N1. The van der Waals surface area contributed by atoms with E-state index in [1.807, 2.05) is 18.2 Å². The van der Waals surface area contributed by atoms with Crippen LogP contribution < -0.4 is 15.8 Å². The number of nitrogens with zero attached hydrogens (tertiary/aromatic N) is 4. The Labute approximate surface area is 163 Å². The van der Waals surface area contributed by atoms with Gasteiger partial charge >= 0.3 is 0 Å². The second kappa shape index (κ2) is 8.28. The van der Waals surface area contributed by atoms with Crippen molar-refractivity contribution in [3.63, 3.8) is 0 Å². The van der Waals surface area contributed by atoms with Crippen molar-refractivity contribution in [3.05, 3.63) is 34.9 Å². The van der Waals surface area contributed by atoms with E-state index in [1.54, 1.807) is 0 Å². The molecule has 0 bridgehead atoms. The zero-order valence-electron chi connectivity index (χ0n) is 16.0. The molecule has 2 fully saturated rings. The number of amides is 1. The summed E-state index contributed by atoms with van der Waals surface area (Å²) in [7, 11) is 0. The van der Waals surface area contributed by atoms with Crippen LogP contribution in [0.3, 0.4) is 0 Å². The minimum absolute atomic E-state index is 0.0833. The number of nitrogens with one attached hydrogen (secondary N) is 1. The zero-order chi connectivity index (χ0) is 19.5. The molecule has 1 amide bonds. The van der Waals surface area contributed by atoms with E-state index in [-0.39, 0.29) is 30.7 Å². The van der Waals surface area contributed by atoms with Crippen molar-refractivity contribution in [1.82, 2.24) is 19.8 Å². The number of piperazine rings is 1. The van der Waals surface area contributed by atoms with Crippen molar-refractivity contribution in [2.75, 3.05) is 44.2 Å². The molecule has 2 aliphatic heterocycles. The van der Waals surface area contributed by atoms with Crippen LogP contribution in [-0.2, 0) is 11.3 Å². The number of fused-ring (bicyclic) bond motifs is 1. The molecule has 0 spiro atoms. The van der Waals surface area contributed by atoms with E-state index in [1.165, 1.54) is 10.9 Å². The fourth-order valence-corrected chi connectivity index (χ4v) is 4.13. The molecule has 2 aliphatic rings. The number of anilines is 1. The van der Waals surface area contributed by atoms with E-state index < -0.39 is 0 Å². The summed E-state index contributed by atoms with van der Waals surface area (Å²) < 4.78 is 1.44. The first-order valence-corrected chi connectivity index (χ1v) is 10.0. The highest BCUT2D eigenvalue weighted by Crippen LogP contribution is 2.21. The van der Waals surface area contributed by atoms with Crippen molar-refractivity contribution in [3.8, 4) is 0 Å². The van der Waals surface area contributed by atoms with Gasteiger partial charge in [0, 0.05) is 50.9 Å². The monoisotopic (exact) mass is 385 g/mol. The highest BCUT2D eigenvalue weighted by atomic mass is 16.3. The number of aliphatic hydroxyl groups excluding tert-OH is 1. The van der Waals surface area contributed by atoms with Gasteiger partial charge < -0.3 is 15.3 Å². The Bertz CT molecular complexity index is 904. The second-order valence-electron chi connectivity index (χ2n) is 7.61. The van der Waals surface area contributed by atoms with Crippen LogP contribution in [0.2, 0.25) is 0 Å². The Morgan fingerprint density at radius 3 is 2.75 bits per heavy atom. The van der Waals surface area contributed by atoms with E-state index in [4.69, 9.17) is 5.11 Å². The van der Waals surface area contributed by atoms with Crippen molar-refractivity contribution in [2.45, 2.75) is 31.8 Å². The molecule has 8 heteroatoms. The molecule has 1 aromatic heterocycles. The van der Waals surface area contributed by atoms with Crippen molar-refractivity contribution in [2.24, 2.45) is 0 Å². The Balaban J connectivity index is 1.40. The minimum atomic E-state index is -0.120. The quantitative estimate of drug-likeness (QED) is 0.763. The van der Waals surface area contributed by atoms with Gasteiger partial charge in [-0.25, -0.2) is 4.98 Å². The summed E-state index contributed by atoms with van der Waals surface area (Å²) >= 11 is 0. The Kier molecular flexibility index (Phi) is 5.59. The van der Waals surface area contributed by atoms with Gasteiger partial charge in [0.2, 0.25) is 5.91 Å². The standard InChI is InChI=1S/C20H27N5O3/c26-11-10-25-14-21-18-12-16(4-5-17(18)20(25)28)24-8-6-23(7-9-24)13-15-2-1-3-19(27)22-15/h4-5,12,14-15,26H,1-3,6-11,13H2,(H,22,27). The zero-order valence-corrected chi connectivity index (χ0v) is 16.0. The summed E-state index contributed by atoms with van der Waals surface area (Å²) in [5.41, 5.74) is 1.64. The molecule has 2 aromatic rings. The third-order valence-corrected chi connectivity index (χ3v) is 5.69. The average molecular weight is 385 g/mol. The van der Waals surface area contributed by atoms with Crippen LogP contribution in [-0.4, -0.2) is 70.8 Å². The highest BCUT2D eigenvalue weighted by molar-refractivity contribution is 5.81.